The van der Waals surface area contributed by atoms with Crippen LogP contribution in [-0.4, -0.2) is 30.3 Å². The van der Waals surface area contributed by atoms with Crippen LogP contribution in [0, 0.1) is 11.7 Å². The molecule has 3 N–H and O–H groups in total. The highest BCUT2D eigenvalue weighted by Gasteiger charge is 2.25. The lowest BCUT2D eigenvalue weighted by Gasteiger charge is -2.14. The van der Waals surface area contributed by atoms with Gasteiger partial charge in [-0.15, -0.1) is 0 Å². The van der Waals surface area contributed by atoms with Crippen LogP contribution < -0.4 is 15.4 Å². The lowest BCUT2D eigenvalue weighted by Crippen LogP contribution is -2.36. The number of carbonyl (C=O) groups is 2. The average Bonchev–Trinajstić information content (AvgIpc) is 2.90. The fraction of sp³-hybridized carbons (Fsp3) is 0.286. The minimum absolute atomic E-state index is 0.0105. The zero-order valence-electron chi connectivity index (χ0n) is 11.3. The molecule has 2 rings (SSSR count). The summed E-state index contributed by atoms with van der Waals surface area (Å²) in [5.74, 6) is -1.71. The third kappa shape index (κ3) is 3.71. The van der Waals surface area contributed by atoms with Gasteiger partial charge >= 0.3 is 12.0 Å². The molecule has 1 aliphatic carbocycles. The largest absolute Gasteiger partial charge is 0.497 e. The molecule has 0 aliphatic heterocycles. The molecule has 0 heterocycles. The van der Waals surface area contributed by atoms with Crippen molar-refractivity contribution in [3.63, 3.8) is 0 Å². The summed E-state index contributed by atoms with van der Waals surface area (Å²) in [4.78, 5) is 22.6. The van der Waals surface area contributed by atoms with Crippen molar-refractivity contribution in [3.05, 3.63) is 36.2 Å². The number of aliphatic carboxylic acids is 1. The molecule has 2 unspecified atom stereocenters. The number of amides is 2. The highest BCUT2D eigenvalue weighted by atomic mass is 19.1. The summed E-state index contributed by atoms with van der Waals surface area (Å²) in [7, 11) is 1.44. The number of carboxylic acid groups (broad SMARTS) is 1. The summed E-state index contributed by atoms with van der Waals surface area (Å²) in [5, 5.41) is 13.8. The fourth-order valence-electron chi connectivity index (χ4n) is 2.04. The van der Waals surface area contributed by atoms with Crippen molar-refractivity contribution in [3.8, 4) is 5.75 Å². The summed E-state index contributed by atoms with van der Waals surface area (Å²) in [5.41, 5.74) is -0.0105. The van der Waals surface area contributed by atoms with E-state index >= 15 is 0 Å². The van der Waals surface area contributed by atoms with E-state index in [1.165, 1.54) is 31.4 Å². The van der Waals surface area contributed by atoms with Crippen LogP contribution in [0.1, 0.15) is 6.42 Å². The maximum atomic E-state index is 13.6. The second kappa shape index (κ2) is 6.25. The number of ether oxygens (including phenoxy) is 1. The minimum atomic E-state index is -0.935. The first-order valence-electron chi connectivity index (χ1n) is 6.32. The van der Waals surface area contributed by atoms with Gasteiger partial charge in [0.2, 0.25) is 0 Å². The van der Waals surface area contributed by atoms with E-state index < -0.39 is 23.7 Å². The van der Waals surface area contributed by atoms with E-state index in [0.29, 0.717) is 5.75 Å². The topological polar surface area (TPSA) is 87.7 Å². The molecule has 0 aromatic heterocycles. The van der Waals surface area contributed by atoms with Crippen molar-refractivity contribution in [1.82, 2.24) is 5.32 Å². The summed E-state index contributed by atoms with van der Waals surface area (Å²) < 4.78 is 18.5. The number of methoxy groups -OCH3 is 1. The quantitative estimate of drug-likeness (QED) is 0.741. The molecular formula is C14H15FN2O4. The molecule has 0 radical (unpaired) electrons. The van der Waals surface area contributed by atoms with Crippen LogP contribution in [0.5, 0.6) is 5.75 Å². The molecular weight excluding hydrogens is 279 g/mol. The maximum Gasteiger partial charge on any atom is 0.319 e. The Morgan fingerprint density at radius 3 is 2.76 bits per heavy atom. The first kappa shape index (κ1) is 14.8. The second-order valence-corrected chi connectivity index (χ2v) is 4.62. The molecule has 0 saturated carbocycles. The smallest absolute Gasteiger partial charge is 0.319 e. The van der Waals surface area contributed by atoms with E-state index in [9.17, 15) is 14.0 Å². The van der Waals surface area contributed by atoms with Crippen molar-refractivity contribution >= 4 is 17.7 Å². The van der Waals surface area contributed by atoms with Gasteiger partial charge in [-0.3, -0.25) is 4.79 Å². The predicted molar refractivity (Wildman–Crippen MR) is 73.8 cm³/mol. The summed E-state index contributed by atoms with van der Waals surface area (Å²) in [6, 6.07) is 2.99. The van der Waals surface area contributed by atoms with Crippen molar-refractivity contribution < 1.29 is 23.8 Å². The van der Waals surface area contributed by atoms with Gasteiger partial charge in [0, 0.05) is 6.07 Å². The number of benzene rings is 1. The molecule has 1 aliphatic rings. The lowest BCUT2D eigenvalue weighted by molar-refractivity contribution is -0.140. The fourth-order valence-corrected chi connectivity index (χ4v) is 2.04. The second-order valence-electron chi connectivity index (χ2n) is 4.62. The number of hydrogen-bond acceptors (Lipinski definition) is 3. The van der Waals surface area contributed by atoms with Crippen molar-refractivity contribution in [1.29, 1.82) is 0 Å². The average molecular weight is 294 g/mol. The monoisotopic (exact) mass is 294 g/mol. The Morgan fingerprint density at radius 2 is 2.14 bits per heavy atom. The first-order chi connectivity index (χ1) is 9.99. The van der Waals surface area contributed by atoms with Crippen LogP contribution in [0.4, 0.5) is 14.9 Å². The number of urea groups is 1. The molecule has 1 aromatic rings. The molecule has 2 amide bonds. The van der Waals surface area contributed by atoms with Gasteiger partial charge in [0.15, 0.2) is 0 Å². The maximum absolute atomic E-state index is 13.6. The highest BCUT2D eigenvalue weighted by Crippen LogP contribution is 2.21. The molecule has 0 bridgehead atoms. The third-order valence-electron chi connectivity index (χ3n) is 3.14. The van der Waals surface area contributed by atoms with Gasteiger partial charge in [-0.05, 0) is 18.6 Å². The molecule has 1 aromatic carbocycles. The van der Waals surface area contributed by atoms with Crippen LogP contribution >= 0.6 is 0 Å². The van der Waals surface area contributed by atoms with Gasteiger partial charge in [-0.1, -0.05) is 12.2 Å². The minimum Gasteiger partial charge on any atom is -0.497 e. The number of rotatable bonds is 4. The zero-order valence-corrected chi connectivity index (χ0v) is 11.3. The normalized spacial score (nSPS) is 20.1. The Labute approximate surface area is 120 Å². The molecule has 0 fully saturated rings. The number of anilines is 1. The van der Waals surface area contributed by atoms with E-state index in [1.54, 1.807) is 6.08 Å². The van der Waals surface area contributed by atoms with E-state index in [4.69, 9.17) is 9.84 Å². The van der Waals surface area contributed by atoms with Gasteiger partial charge in [-0.25, -0.2) is 9.18 Å². The van der Waals surface area contributed by atoms with Crippen LogP contribution in [0.2, 0.25) is 0 Å². The number of halogens is 1. The molecule has 112 valence electrons. The van der Waals surface area contributed by atoms with E-state index in [-0.39, 0.29) is 18.2 Å². The van der Waals surface area contributed by atoms with Crippen molar-refractivity contribution in [2.24, 2.45) is 5.92 Å². The van der Waals surface area contributed by atoms with Gasteiger partial charge in [0.05, 0.1) is 24.8 Å². The summed E-state index contributed by atoms with van der Waals surface area (Å²) >= 11 is 0. The Bertz CT molecular complexity index is 588. The van der Waals surface area contributed by atoms with Gasteiger partial charge in [-0.2, -0.15) is 0 Å². The predicted octanol–water partition coefficient (Wildman–Crippen LogP) is 1.99. The standard InChI is InChI=1S/C14H15FN2O4/c1-21-10-4-5-11(15)12(7-10)17-14(20)16-9-3-2-8(6-9)13(18)19/h2-5,7-9H,6H2,1H3,(H,18,19)(H2,16,17,20). The number of carboxylic acids is 1. The Balaban J connectivity index is 1.94. The van der Waals surface area contributed by atoms with Crippen LogP contribution in [0.3, 0.4) is 0 Å². The zero-order chi connectivity index (χ0) is 15.4. The van der Waals surface area contributed by atoms with Crippen LogP contribution in [0.25, 0.3) is 0 Å². The number of hydrogen-bond donors (Lipinski definition) is 3. The van der Waals surface area contributed by atoms with E-state index in [2.05, 4.69) is 10.6 Å². The van der Waals surface area contributed by atoms with Gasteiger partial charge in [0.1, 0.15) is 11.6 Å². The molecule has 21 heavy (non-hydrogen) atoms. The molecule has 2 atom stereocenters. The van der Waals surface area contributed by atoms with Crippen LogP contribution in [-0.2, 0) is 4.79 Å². The summed E-state index contributed by atoms with van der Waals surface area (Å²) in [6.07, 6.45) is 3.42. The van der Waals surface area contributed by atoms with Crippen molar-refractivity contribution in [2.45, 2.75) is 12.5 Å². The van der Waals surface area contributed by atoms with Gasteiger partial charge in [0.25, 0.3) is 0 Å². The Hall–Kier alpha value is -2.57. The molecule has 0 saturated heterocycles. The first-order valence-corrected chi connectivity index (χ1v) is 6.32. The lowest BCUT2D eigenvalue weighted by atomic mass is 10.1. The molecule has 0 spiro atoms. The number of carbonyl (C=O) groups excluding carboxylic acids is 1. The third-order valence-corrected chi connectivity index (χ3v) is 3.14. The Morgan fingerprint density at radius 1 is 1.38 bits per heavy atom. The van der Waals surface area contributed by atoms with Crippen molar-refractivity contribution in [2.75, 3.05) is 12.4 Å². The SMILES string of the molecule is COc1ccc(F)c(NC(=O)NC2C=CC(C(=O)O)C2)c1. The Kier molecular flexibility index (Phi) is 4.42. The highest BCUT2D eigenvalue weighted by molar-refractivity contribution is 5.90. The summed E-state index contributed by atoms with van der Waals surface area (Å²) in [6.45, 7) is 0. The van der Waals surface area contributed by atoms with Crippen LogP contribution in [0.15, 0.2) is 30.4 Å². The molecule has 6 nitrogen and oxygen atoms in total. The van der Waals surface area contributed by atoms with Gasteiger partial charge < -0.3 is 20.5 Å². The van der Waals surface area contributed by atoms with E-state index in [1.807, 2.05) is 0 Å². The number of nitrogens with one attached hydrogen (secondary N) is 2. The molecule has 7 heteroatoms. The van der Waals surface area contributed by atoms with E-state index in [0.717, 1.165) is 0 Å².